The number of carbonyl (C=O) groups is 1. The number of benzene rings is 1. The third-order valence-electron chi connectivity index (χ3n) is 4.04. The average Bonchev–Trinajstić information content (AvgIpc) is 3.17. The molecule has 0 bridgehead atoms. The van der Waals surface area contributed by atoms with Crippen molar-refractivity contribution < 1.29 is 9.72 Å². The molecule has 6 heteroatoms. The Hall–Kier alpha value is -2.21. The fourth-order valence-corrected chi connectivity index (χ4v) is 3.76. The molecule has 2 heterocycles. The first kappa shape index (κ1) is 14.7. The highest BCUT2D eigenvalue weighted by atomic mass is 32.1. The van der Waals surface area contributed by atoms with E-state index in [1.807, 2.05) is 22.4 Å². The number of likely N-dealkylation sites (tertiary alicyclic amines) is 1. The van der Waals surface area contributed by atoms with E-state index in [1.54, 1.807) is 30.4 Å². The molecule has 0 aliphatic carbocycles. The number of rotatable bonds is 3. The Morgan fingerprint density at radius 2 is 2.23 bits per heavy atom. The lowest BCUT2D eigenvalue weighted by Crippen LogP contribution is -2.30. The van der Waals surface area contributed by atoms with Crippen LogP contribution in [0.15, 0.2) is 35.7 Å². The molecule has 1 aromatic heterocycles. The number of thiophene rings is 1. The average molecular weight is 316 g/mol. The summed E-state index contributed by atoms with van der Waals surface area (Å²) in [5.74, 6) is -0.126. The number of nitro groups is 1. The summed E-state index contributed by atoms with van der Waals surface area (Å²) in [4.78, 5) is 26.4. The van der Waals surface area contributed by atoms with Crippen LogP contribution in [0, 0.1) is 17.0 Å². The summed E-state index contributed by atoms with van der Waals surface area (Å²) < 4.78 is 0. The highest BCUT2D eigenvalue weighted by molar-refractivity contribution is 7.10. The summed E-state index contributed by atoms with van der Waals surface area (Å²) in [7, 11) is 0. The smallest absolute Gasteiger partial charge is 0.273 e. The monoisotopic (exact) mass is 316 g/mol. The molecule has 0 saturated carbocycles. The largest absolute Gasteiger partial charge is 0.331 e. The Bertz CT molecular complexity index is 712. The van der Waals surface area contributed by atoms with Gasteiger partial charge in [-0.25, -0.2) is 0 Å². The van der Waals surface area contributed by atoms with Crippen LogP contribution in [0.4, 0.5) is 5.69 Å². The maximum atomic E-state index is 12.7. The number of nitrogens with zero attached hydrogens (tertiary/aromatic N) is 2. The molecule has 2 aromatic rings. The molecule has 114 valence electrons. The van der Waals surface area contributed by atoms with Crippen molar-refractivity contribution in [3.8, 4) is 0 Å². The van der Waals surface area contributed by atoms with E-state index < -0.39 is 4.92 Å². The van der Waals surface area contributed by atoms with Crippen LogP contribution in [0.5, 0.6) is 0 Å². The molecular weight excluding hydrogens is 300 g/mol. The Balaban J connectivity index is 1.90. The predicted octanol–water partition coefficient (Wildman–Crippen LogP) is 3.94. The summed E-state index contributed by atoms with van der Waals surface area (Å²) in [6, 6.07) is 8.82. The van der Waals surface area contributed by atoms with Gasteiger partial charge in [0.05, 0.1) is 11.0 Å². The molecule has 22 heavy (non-hydrogen) atoms. The van der Waals surface area contributed by atoms with Gasteiger partial charge in [-0.05, 0) is 37.3 Å². The van der Waals surface area contributed by atoms with E-state index in [2.05, 4.69) is 0 Å². The molecule has 0 N–H and O–H groups in total. The van der Waals surface area contributed by atoms with E-state index in [9.17, 15) is 14.9 Å². The van der Waals surface area contributed by atoms with Gasteiger partial charge in [0.25, 0.3) is 11.6 Å². The Morgan fingerprint density at radius 3 is 2.91 bits per heavy atom. The zero-order chi connectivity index (χ0) is 15.7. The van der Waals surface area contributed by atoms with Crippen LogP contribution >= 0.6 is 11.3 Å². The first-order valence-electron chi connectivity index (χ1n) is 7.17. The van der Waals surface area contributed by atoms with Crippen LogP contribution in [0.3, 0.4) is 0 Å². The number of hydrogen-bond acceptors (Lipinski definition) is 4. The zero-order valence-electron chi connectivity index (χ0n) is 12.2. The van der Waals surface area contributed by atoms with E-state index in [0.717, 1.165) is 12.8 Å². The summed E-state index contributed by atoms with van der Waals surface area (Å²) in [5.41, 5.74) is 0.955. The van der Waals surface area contributed by atoms with Crippen LogP contribution < -0.4 is 0 Å². The molecule has 1 unspecified atom stereocenters. The third kappa shape index (κ3) is 2.62. The highest BCUT2D eigenvalue weighted by Crippen LogP contribution is 2.35. The zero-order valence-corrected chi connectivity index (χ0v) is 13.0. The van der Waals surface area contributed by atoms with Crippen molar-refractivity contribution in [1.82, 2.24) is 4.90 Å². The van der Waals surface area contributed by atoms with Crippen molar-refractivity contribution in [1.29, 1.82) is 0 Å². The SMILES string of the molecule is Cc1ccc(C(=O)N2CCCC2c2cccs2)cc1[N+](=O)[O-]. The van der Waals surface area contributed by atoms with Gasteiger partial charge in [0.2, 0.25) is 0 Å². The topological polar surface area (TPSA) is 63.5 Å². The van der Waals surface area contributed by atoms with Gasteiger partial charge in [-0.2, -0.15) is 0 Å². The maximum Gasteiger partial charge on any atom is 0.273 e. The van der Waals surface area contributed by atoms with E-state index in [-0.39, 0.29) is 17.6 Å². The molecule has 0 radical (unpaired) electrons. The minimum absolute atomic E-state index is 0.00211. The first-order chi connectivity index (χ1) is 10.6. The number of amides is 1. The standard InChI is InChI=1S/C16H16N2O3S/c1-11-6-7-12(10-14(11)18(20)21)16(19)17-8-2-4-13(17)15-5-3-9-22-15/h3,5-7,9-10,13H,2,4,8H2,1H3. The van der Waals surface area contributed by atoms with Crippen LogP contribution in [0.1, 0.15) is 39.7 Å². The van der Waals surface area contributed by atoms with Crippen LogP contribution in [0.2, 0.25) is 0 Å². The number of carbonyl (C=O) groups excluding carboxylic acids is 1. The minimum atomic E-state index is -0.438. The van der Waals surface area contributed by atoms with Crippen molar-refractivity contribution in [2.75, 3.05) is 6.54 Å². The van der Waals surface area contributed by atoms with Crippen LogP contribution in [0.25, 0.3) is 0 Å². The molecule has 1 atom stereocenters. The fourth-order valence-electron chi connectivity index (χ4n) is 2.89. The van der Waals surface area contributed by atoms with Crippen molar-refractivity contribution in [3.63, 3.8) is 0 Å². The molecule has 1 saturated heterocycles. The van der Waals surface area contributed by atoms with Gasteiger partial charge < -0.3 is 4.90 Å². The fraction of sp³-hybridized carbons (Fsp3) is 0.312. The van der Waals surface area contributed by atoms with Crippen molar-refractivity contribution in [2.24, 2.45) is 0 Å². The normalized spacial score (nSPS) is 17.7. The Labute approximate surface area is 132 Å². The molecule has 1 aliphatic heterocycles. The second kappa shape index (κ2) is 5.88. The van der Waals surface area contributed by atoms with Crippen molar-refractivity contribution in [3.05, 3.63) is 61.8 Å². The molecular formula is C16H16N2O3S. The number of hydrogen-bond donors (Lipinski definition) is 0. The summed E-state index contributed by atoms with van der Waals surface area (Å²) >= 11 is 1.64. The lowest BCUT2D eigenvalue weighted by Gasteiger charge is -2.24. The predicted molar refractivity (Wildman–Crippen MR) is 85.2 cm³/mol. The van der Waals surface area contributed by atoms with Gasteiger partial charge in [0.1, 0.15) is 0 Å². The minimum Gasteiger partial charge on any atom is -0.331 e. The quantitative estimate of drug-likeness (QED) is 0.636. The third-order valence-corrected chi connectivity index (χ3v) is 5.01. The number of aryl methyl sites for hydroxylation is 1. The van der Waals surface area contributed by atoms with Crippen molar-refractivity contribution in [2.45, 2.75) is 25.8 Å². The number of nitro benzene ring substituents is 1. The Morgan fingerprint density at radius 1 is 1.41 bits per heavy atom. The van der Waals surface area contributed by atoms with Gasteiger partial charge in [-0.1, -0.05) is 12.1 Å². The molecule has 3 rings (SSSR count). The van der Waals surface area contributed by atoms with E-state index >= 15 is 0 Å². The summed E-state index contributed by atoms with van der Waals surface area (Å²) in [6.07, 6.45) is 1.91. The van der Waals surface area contributed by atoms with Gasteiger partial charge >= 0.3 is 0 Å². The second-order valence-corrected chi connectivity index (χ2v) is 6.41. The van der Waals surface area contributed by atoms with E-state index in [0.29, 0.717) is 17.7 Å². The van der Waals surface area contributed by atoms with Gasteiger partial charge in [-0.3, -0.25) is 14.9 Å². The molecule has 5 nitrogen and oxygen atoms in total. The molecule has 1 aliphatic rings. The van der Waals surface area contributed by atoms with E-state index in [4.69, 9.17) is 0 Å². The van der Waals surface area contributed by atoms with Crippen molar-refractivity contribution >= 4 is 22.9 Å². The molecule has 1 amide bonds. The first-order valence-corrected chi connectivity index (χ1v) is 8.05. The summed E-state index contributed by atoms with van der Waals surface area (Å²) in [6.45, 7) is 2.37. The Kier molecular flexibility index (Phi) is 3.94. The highest BCUT2D eigenvalue weighted by Gasteiger charge is 2.31. The van der Waals surface area contributed by atoms with E-state index in [1.165, 1.54) is 10.9 Å². The summed E-state index contributed by atoms with van der Waals surface area (Å²) in [5, 5.41) is 13.1. The second-order valence-electron chi connectivity index (χ2n) is 5.43. The lowest BCUT2D eigenvalue weighted by molar-refractivity contribution is -0.385. The molecule has 0 spiro atoms. The maximum absolute atomic E-state index is 12.7. The van der Waals surface area contributed by atoms with Gasteiger partial charge in [-0.15, -0.1) is 11.3 Å². The van der Waals surface area contributed by atoms with Gasteiger partial charge in [0.15, 0.2) is 0 Å². The van der Waals surface area contributed by atoms with Gasteiger partial charge in [0, 0.05) is 28.6 Å². The molecule has 1 fully saturated rings. The lowest BCUT2D eigenvalue weighted by atomic mass is 10.1. The van der Waals surface area contributed by atoms with Crippen LogP contribution in [-0.2, 0) is 0 Å². The van der Waals surface area contributed by atoms with Crippen LogP contribution in [-0.4, -0.2) is 22.3 Å². The molecule has 1 aromatic carbocycles.